The van der Waals surface area contributed by atoms with Crippen molar-refractivity contribution in [2.75, 3.05) is 19.8 Å². The maximum atomic E-state index is 14.5. The molecule has 1 aliphatic rings. The minimum absolute atomic E-state index is 0.106. The molecule has 1 atom stereocenters. The maximum absolute atomic E-state index is 14.5. The number of ether oxygens (including phenoxy) is 2. The van der Waals surface area contributed by atoms with Crippen LogP contribution in [-0.4, -0.2) is 25.7 Å². The average Bonchev–Trinajstić information content (AvgIpc) is 2.70. The number of carbonyl (C=O) groups is 1. The van der Waals surface area contributed by atoms with Crippen LogP contribution in [0.15, 0.2) is 48.5 Å². The third kappa shape index (κ3) is 4.46. The first-order valence-electron chi connectivity index (χ1n) is 9.15. The molecule has 0 radical (unpaired) electrons. The molecular weight excluding hydrogens is 347 g/mol. The molecular formula is C21H25FN2O3. The van der Waals surface area contributed by atoms with Crippen molar-refractivity contribution in [3.63, 3.8) is 0 Å². The van der Waals surface area contributed by atoms with E-state index in [1.165, 1.54) is 6.07 Å². The molecule has 1 unspecified atom stereocenters. The number of nitrogens with two attached hydrogens (primary N) is 1. The molecule has 0 aliphatic carbocycles. The number of benzene rings is 2. The van der Waals surface area contributed by atoms with Gasteiger partial charge < -0.3 is 20.5 Å². The van der Waals surface area contributed by atoms with E-state index >= 15 is 0 Å². The number of para-hydroxylation sites is 1. The molecule has 0 spiro atoms. The summed E-state index contributed by atoms with van der Waals surface area (Å²) in [4.78, 5) is 12.8. The number of amides is 1. The van der Waals surface area contributed by atoms with E-state index in [4.69, 9.17) is 15.2 Å². The molecule has 3 rings (SSSR count). The molecule has 0 bridgehead atoms. The summed E-state index contributed by atoms with van der Waals surface area (Å²) in [6.07, 6.45) is 1.19. The lowest BCUT2D eigenvalue weighted by atomic mass is 9.79. The number of carbonyl (C=O) groups excluding carboxylic acids is 1. The van der Waals surface area contributed by atoms with E-state index in [-0.39, 0.29) is 24.2 Å². The van der Waals surface area contributed by atoms with Crippen LogP contribution in [0, 0.1) is 11.2 Å². The summed E-state index contributed by atoms with van der Waals surface area (Å²) in [5, 5.41) is 2.97. The first-order valence-corrected chi connectivity index (χ1v) is 9.15. The van der Waals surface area contributed by atoms with Crippen LogP contribution in [0.1, 0.15) is 31.4 Å². The summed E-state index contributed by atoms with van der Waals surface area (Å²) in [5.41, 5.74) is 5.94. The van der Waals surface area contributed by atoms with E-state index in [2.05, 4.69) is 5.32 Å². The topological polar surface area (TPSA) is 73.6 Å². The van der Waals surface area contributed by atoms with Crippen LogP contribution in [0.3, 0.4) is 0 Å². The van der Waals surface area contributed by atoms with Crippen LogP contribution < -0.4 is 15.8 Å². The smallest absolute Gasteiger partial charge is 0.228 e. The van der Waals surface area contributed by atoms with Crippen LogP contribution in [0.5, 0.6) is 11.5 Å². The molecule has 0 aromatic heterocycles. The standard InChI is InChI=1S/C21H25FN2O3/c1-15(24-20(25)21(14-23)9-11-26-12-10-21)16-7-8-19(18(22)13-16)27-17-5-3-2-4-6-17/h2-8,13,15H,9-12,14,23H2,1H3,(H,24,25). The zero-order valence-corrected chi connectivity index (χ0v) is 15.4. The second-order valence-electron chi connectivity index (χ2n) is 6.90. The van der Waals surface area contributed by atoms with Crippen LogP contribution in [-0.2, 0) is 9.53 Å². The van der Waals surface area contributed by atoms with Gasteiger partial charge in [0.2, 0.25) is 5.91 Å². The minimum Gasteiger partial charge on any atom is -0.454 e. The van der Waals surface area contributed by atoms with Crippen molar-refractivity contribution in [1.82, 2.24) is 5.32 Å². The van der Waals surface area contributed by atoms with Gasteiger partial charge >= 0.3 is 0 Å². The molecule has 144 valence electrons. The summed E-state index contributed by atoms with van der Waals surface area (Å²) in [7, 11) is 0. The summed E-state index contributed by atoms with van der Waals surface area (Å²) in [6.45, 7) is 3.15. The van der Waals surface area contributed by atoms with Crippen molar-refractivity contribution in [3.05, 3.63) is 59.9 Å². The van der Waals surface area contributed by atoms with Gasteiger partial charge in [0.05, 0.1) is 11.5 Å². The highest BCUT2D eigenvalue weighted by atomic mass is 19.1. The third-order valence-electron chi connectivity index (χ3n) is 5.10. The van der Waals surface area contributed by atoms with Gasteiger partial charge in [-0.3, -0.25) is 4.79 Å². The van der Waals surface area contributed by atoms with Crippen LogP contribution in [0.25, 0.3) is 0 Å². The Kier molecular flexibility index (Phi) is 6.08. The Balaban J connectivity index is 1.68. The molecule has 1 amide bonds. The summed E-state index contributed by atoms with van der Waals surface area (Å²) >= 11 is 0. The lowest BCUT2D eigenvalue weighted by Gasteiger charge is -2.35. The van der Waals surface area contributed by atoms with Gasteiger partial charge in [0.25, 0.3) is 0 Å². The van der Waals surface area contributed by atoms with E-state index in [1.54, 1.807) is 24.3 Å². The van der Waals surface area contributed by atoms with Crippen LogP contribution >= 0.6 is 0 Å². The summed E-state index contributed by atoms with van der Waals surface area (Å²) in [6, 6.07) is 13.4. The van der Waals surface area contributed by atoms with E-state index in [1.807, 2.05) is 25.1 Å². The molecule has 1 fully saturated rings. The predicted octanol–water partition coefficient (Wildman–Crippen LogP) is 3.55. The zero-order chi connectivity index (χ0) is 19.3. The Morgan fingerprint density at radius 3 is 2.59 bits per heavy atom. The molecule has 3 N–H and O–H groups in total. The van der Waals surface area contributed by atoms with Crippen molar-refractivity contribution >= 4 is 5.91 Å². The van der Waals surface area contributed by atoms with Gasteiger partial charge in [-0.05, 0) is 49.6 Å². The molecule has 1 saturated heterocycles. The fourth-order valence-electron chi connectivity index (χ4n) is 3.20. The van der Waals surface area contributed by atoms with Crippen LogP contribution in [0.4, 0.5) is 4.39 Å². The van der Waals surface area contributed by atoms with Gasteiger partial charge in [-0.15, -0.1) is 0 Å². The number of nitrogens with one attached hydrogen (secondary N) is 1. The predicted molar refractivity (Wildman–Crippen MR) is 101 cm³/mol. The van der Waals surface area contributed by atoms with Crippen molar-refractivity contribution in [3.8, 4) is 11.5 Å². The Labute approximate surface area is 158 Å². The van der Waals surface area contributed by atoms with Gasteiger partial charge in [-0.25, -0.2) is 4.39 Å². The Morgan fingerprint density at radius 1 is 1.26 bits per heavy atom. The number of hydrogen-bond acceptors (Lipinski definition) is 4. The normalized spacial score (nSPS) is 17.1. The molecule has 5 nitrogen and oxygen atoms in total. The van der Waals surface area contributed by atoms with Gasteiger partial charge in [-0.2, -0.15) is 0 Å². The third-order valence-corrected chi connectivity index (χ3v) is 5.10. The van der Waals surface area contributed by atoms with Crippen molar-refractivity contribution < 1.29 is 18.7 Å². The number of rotatable bonds is 6. The zero-order valence-electron chi connectivity index (χ0n) is 15.4. The Bertz CT molecular complexity index is 776. The lowest BCUT2D eigenvalue weighted by molar-refractivity contribution is -0.136. The van der Waals surface area contributed by atoms with Crippen molar-refractivity contribution in [1.29, 1.82) is 0 Å². The van der Waals surface area contributed by atoms with Gasteiger partial charge in [0.1, 0.15) is 5.75 Å². The second kappa shape index (κ2) is 8.50. The van der Waals surface area contributed by atoms with Gasteiger partial charge in [0, 0.05) is 19.8 Å². The first kappa shape index (κ1) is 19.3. The van der Waals surface area contributed by atoms with E-state index in [0.717, 1.165) is 0 Å². The summed E-state index contributed by atoms with van der Waals surface area (Å²) < 4.78 is 25.4. The number of halogens is 1. The SMILES string of the molecule is CC(NC(=O)C1(CN)CCOCC1)c1ccc(Oc2ccccc2)c(F)c1. The van der Waals surface area contributed by atoms with Crippen molar-refractivity contribution in [2.24, 2.45) is 11.1 Å². The highest BCUT2D eigenvalue weighted by molar-refractivity contribution is 5.83. The molecule has 1 aliphatic heterocycles. The first-order chi connectivity index (χ1) is 13.0. The van der Waals surface area contributed by atoms with E-state index < -0.39 is 11.2 Å². The average molecular weight is 372 g/mol. The Morgan fingerprint density at radius 2 is 1.96 bits per heavy atom. The minimum atomic E-state index is -0.610. The quantitative estimate of drug-likeness (QED) is 0.813. The molecule has 27 heavy (non-hydrogen) atoms. The van der Waals surface area contributed by atoms with Gasteiger partial charge in [0.15, 0.2) is 11.6 Å². The summed E-state index contributed by atoms with van der Waals surface area (Å²) in [5.74, 6) is 0.129. The molecule has 0 saturated carbocycles. The van der Waals surface area contributed by atoms with Gasteiger partial charge in [-0.1, -0.05) is 24.3 Å². The fourth-order valence-corrected chi connectivity index (χ4v) is 3.20. The number of hydrogen-bond donors (Lipinski definition) is 2. The maximum Gasteiger partial charge on any atom is 0.228 e. The highest BCUT2D eigenvalue weighted by Gasteiger charge is 2.39. The molecule has 6 heteroatoms. The van der Waals surface area contributed by atoms with Crippen molar-refractivity contribution in [2.45, 2.75) is 25.8 Å². The molecule has 2 aromatic carbocycles. The highest BCUT2D eigenvalue weighted by Crippen LogP contribution is 2.31. The fraction of sp³-hybridized carbons (Fsp3) is 0.381. The largest absolute Gasteiger partial charge is 0.454 e. The van der Waals surface area contributed by atoms with E-state index in [0.29, 0.717) is 37.4 Å². The van der Waals surface area contributed by atoms with E-state index in [9.17, 15) is 9.18 Å². The second-order valence-corrected chi connectivity index (χ2v) is 6.90. The molecule has 2 aromatic rings. The Hall–Kier alpha value is -2.44. The van der Waals surface area contributed by atoms with Crippen LogP contribution in [0.2, 0.25) is 0 Å². The monoisotopic (exact) mass is 372 g/mol. The molecule has 1 heterocycles. The lowest BCUT2D eigenvalue weighted by Crippen LogP contribution is -2.49.